The molecule has 1 amide bonds. The zero-order chi connectivity index (χ0) is 16.9. The first-order valence-corrected chi connectivity index (χ1v) is 9.10. The third-order valence-electron chi connectivity index (χ3n) is 3.58. The Hall–Kier alpha value is -2.11. The zero-order valence-electron chi connectivity index (χ0n) is 12.9. The van der Waals surface area contributed by atoms with E-state index in [9.17, 15) is 13.2 Å². The summed E-state index contributed by atoms with van der Waals surface area (Å²) in [7, 11) is -3.51. The van der Waals surface area contributed by atoms with Crippen LogP contribution < -0.4 is 4.31 Å². The molecule has 0 bridgehead atoms. The van der Waals surface area contributed by atoms with Crippen LogP contribution in [0.1, 0.15) is 12.0 Å². The van der Waals surface area contributed by atoms with Gasteiger partial charge in [-0.1, -0.05) is 0 Å². The smallest absolute Gasteiger partial charge is 0.232 e. The molecule has 0 radical (unpaired) electrons. The number of morpholine rings is 1. The standard InChI is InChI=1S/C15H19N3O4S/c1-23(20,21)18(14-4-2-13(12-16)3-5-14)7-6-15(19)17-8-10-22-11-9-17/h2-5H,6-11H2,1H3. The fourth-order valence-electron chi connectivity index (χ4n) is 2.36. The van der Waals surface area contributed by atoms with Gasteiger partial charge in [-0.2, -0.15) is 5.26 Å². The second kappa shape index (κ2) is 7.44. The number of nitriles is 1. The van der Waals surface area contributed by atoms with Crippen LogP contribution in [0.2, 0.25) is 0 Å². The fourth-order valence-corrected chi connectivity index (χ4v) is 3.28. The number of ether oxygens (including phenoxy) is 1. The lowest BCUT2D eigenvalue weighted by molar-refractivity contribution is -0.134. The molecule has 1 aliphatic heterocycles. The lowest BCUT2D eigenvalue weighted by Crippen LogP contribution is -2.42. The molecule has 0 aromatic heterocycles. The molecule has 1 heterocycles. The average Bonchev–Trinajstić information content (AvgIpc) is 2.55. The summed E-state index contributed by atoms with van der Waals surface area (Å²) in [5, 5.41) is 8.81. The first kappa shape index (κ1) is 17.2. The molecule has 0 aliphatic carbocycles. The third kappa shape index (κ3) is 4.68. The van der Waals surface area contributed by atoms with Crippen molar-refractivity contribution >= 4 is 21.6 Å². The second-order valence-corrected chi connectivity index (χ2v) is 7.14. The minimum atomic E-state index is -3.51. The number of sulfonamides is 1. The second-order valence-electron chi connectivity index (χ2n) is 5.24. The van der Waals surface area contributed by atoms with E-state index in [0.29, 0.717) is 37.6 Å². The Labute approximate surface area is 136 Å². The molecule has 124 valence electrons. The summed E-state index contributed by atoms with van der Waals surface area (Å²) in [6.07, 6.45) is 1.21. The molecule has 2 rings (SSSR count). The van der Waals surface area contributed by atoms with Crippen molar-refractivity contribution < 1.29 is 17.9 Å². The molecule has 1 saturated heterocycles. The Morgan fingerprint density at radius 1 is 1.30 bits per heavy atom. The van der Waals surface area contributed by atoms with Gasteiger partial charge in [0.25, 0.3) is 0 Å². The van der Waals surface area contributed by atoms with Crippen LogP contribution in [0.15, 0.2) is 24.3 Å². The molecule has 23 heavy (non-hydrogen) atoms. The largest absolute Gasteiger partial charge is 0.378 e. The highest BCUT2D eigenvalue weighted by Crippen LogP contribution is 2.19. The Morgan fingerprint density at radius 2 is 1.91 bits per heavy atom. The van der Waals surface area contributed by atoms with Gasteiger partial charge in [-0.05, 0) is 24.3 Å². The summed E-state index contributed by atoms with van der Waals surface area (Å²) >= 11 is 0. The first-order valence-electron chi connectivity index (χ1n) is 7.25. The number of hydrogen-bond donors (Lipinski definition) is 0. The minimum Gasteiger partial charge on any atom is -0.378 e. The van der Waals surface area contributed by atoms with Gasteiger partial charge >= 0.3 is 0 Å². The molecule has 0 saturated carbocycles. The summed E-state index contributed by atoms with van der Waals surface area (Å²) < 4.78 is 30.4. The average molecular weight is 337 g/mol. The molecule has 0 spiro atoms. The van der Waals surface area contributed by atoms with Crippen molar-refractivity contribution in [2.24, 2.45) is 0 Å². The first-order chi connectivity index (χ1) is 10.9. The molecule has 1 fully saturated rings. The van der Waals surface area contributed by atoms with E-state index < -0.39 is 10.0 Å². The van der Waals surface area contributed by atoms with Crippen LogP contribution in [0.25, 0.3) is 0 Å². The highest BCUT2D eigenvalue weighted by Gasteiger charge is 2.22. The predicted molar refractivity (Wildman–Crippen MR) is 85.4 cm³/mol. The molecule has 1 aromatic carbocycles. The summed E-state index contributed by atoms with van der Waals surface area (Å²) in [4.78, 5) is 13.9. The van der Waals surface area contributed by atoms with Gasteiger partial charge in [0, 0.05) is 26.1 Å². The summed E-state index contributed by atoms with van der Waals surface area (Å²) in [5.41, 5.74) is 0.896. The van der Waals surface area contributed by atoms with Gasteiger partial charge in [-0.15, -0.1) is 0 Å². The molecule has 0 atom stereocenters. The zero-order valence-corrected chi connectivity index (χ0v) is 13.8. The van der Waals surface area contributed by atoms with Crippen LogP contribution >= 0.6 is 0 Å². The Morgan fingerprint density at radius 3 is 2.43 bits per heavy atom. The maximum absolute atomic E-state index is 12.2. The van der Waals surface area contributed by atoms with Gasteiger partial charge in [-0.25, -0.2) is 8.42 Å². The van der Waals surface area contributed by atoms with Crippen LogP contribution in [-0.4, -0.2) is 58.3 Å². The Bertz CT molecular complexity index is 688. The highest BCUT2D eigenvalue weighted by atomic mass is 32.2. The molecule has 7 nitrogen and oxygen atoms in total. The molecular formula is C15H19N3O4S. The van der Waals surface area contributed by atoms with Gasteiger partial charge in [-0.3, -0.25) is 9.10 Å². The van der Waals surface area contributed by atoms with Crippen molar-refractivity contribution in [1.29, 1.82) is 5.26 Å². The van der Waals surface area contributed by atoms with Crippen LogP contribution in [0.5, 0.6) is 0 Å². The molecule has 1 aromatic rings. The van der Waals surface area contributed by atoms with Crippen LogP contribution in [-0.2, 0) is 19.6 Å². The van der Waals surface area contributed by atoms with E-state index in [1.54, 1.807) is 29.2 Å². The number of benzene rings is 1. The lowest BCUT2D eigenvalue weighted by Gasteiger charge is -2.28. The number of hydrogen-bond acceptors (Lipinski definition) is 5. The lowest BCUT2D eigenvalue weighted by atomic mass is 10.2. The predicted octanol–water partition coefficient (Wildman–Crippen LogP) is 0.573. The molecular weight excluding hydrogens is 318 g/mol. The van der Waals surface area contributed by atoms with Crippen molar-refractivity contribution in [3.8, 4) is 6.07 Å². The van der Waals surface area contributed by atoms with Gasteiger partial charge in [0.1, 0.15) is 0 Å². The summed E-state index contributed by atoms with van der Waals surface area (Å²) in [5.74, 6) is -0.0874. The summed E-state index contributed by atoms with van der Waals surface area (Å²) in [6, 6.07) is 8.23. The topological polar surface area (TPSA) is 90.7 Å². The van der Waals surface area contributed by atoms with E-state index in [1.165, 1.54) is 4.31 Å². The number of carbonyl (C=O) groups is 1. The van der Waals surface area contributed by atoms with Crippen LogP contribution in [0.3, 0.4) is 0 Å². The van der Waals surface area contributed by atoms with Crippen LogP contribution in [0, 0.1) is 11.3 Å². The van der Waals surface area contributed by atoms with Crippen LogP contribution in [0.4, 0.5) is 5.69 Å². The molecule has 0 unspecified atom stereocenters. The van der Waals surface area contributed by atoms with E-state index in [2.05, 4.69) is 0 Å². The van der Waals surface area contributed by atoms with Crippen molar-refractivity contribution in [1.82, 2.24) is 4.90 Å². The van der Waals surface area contributed by atoms with E-state index >= 15 is 0 Å². The van der Waals surface area contributed by atoms with Crippen molar-refractivity contribution in [3.05, 3.63) is 29.8 Å². The Kier molecular flexibility index (Phi) is 5.58. The monoisotopic (exact) mass is 337 g/mol. The molecule has 8 heteroatoms. The van der Waals surface area contributed by atoms with Gasteiger partial charge in [0.05, 0.1) is 36.8 Å². The van der Waals surface area contributed by atoms with Gasteiger partial charge in [0.2, 0.25) is 15.9 Å². The maximum atomic E-state index is 12.2. The number of anilines is 1. The minimum absolute atomic E-state index is 0.0704. The van der Waals surface area contributed by atoms with E-state index in [-0.39, 0.29) is 18.9 Å². The summed E-state index contributed by atoms with van der Waals surface area (Å²) in [6.45, 7) is 2.17. The number of nitrogens with zero attached hydrogens (tertiary/aromatic N) is 3. The fraction of sp³-hybridized carbons (Fsp3) is 0.467. The SMILES string of the molecule is CS(=O)(=O)N(CCC(=O)N1CCOCC1)c1ccc(C#N)cc1. The van der Waals surface area contributed by atoms with E-state index in [4.69, 9.17) is 10.00 Å². The normalized spacial score (nSPS) is 15.0. The Balaban J connectivity index is 2.07. The molecule has 0 N–H and O–H groups in total. The van der Waals surface area contributed by atoms with E-state index in [0.717, 1.165) is 6.26 Å². The quantitative estimate of drug-likeness (QED) is 0.783. The maximum Gasteiger partial charge on any atom is 0.232 e. The number of amides is 1. The third-order valence-corrected chi connectivity index (χ3v) is 4.77. The van der Waals surface area contributed by atoms with E-state index in [1.807, 2.05) is 6.07 Å². The van der Waals surface area contributed by atoms with Gasteiger partial charge in [0.15, 0.2) is 0 Å². The van der Waals surface area contributed by atoms with Crippen molar-refractivity contribution in [2.75, 3.05) is 43.4 Å². The van der Waals surface area contributed by atoms with Crippen molar-refractivity contribution in [3.63, 3.8) is 0 Å². The number of rotatable bonds is 5. The highest BCUT2D eigenvalue weighted by molar-refractivity contribution is 7.92. The molecule has 1 aliphatic rings. The van der Waals surface area contributed by atoms with Gasteiger partial charge < -0.3 is 9.64 Å². The number of carbonyl (C=O) groups excluding carboxylic acids is 1. The van der Waals surface area contributed by atoms with Crippen molar-refractivity contribution in [2.45, 2.75) is 6.42 Å².